The van der Waals surface area contributed by atoms with Gasteiger partial charge in [-0.3, -0.25) is 19.4 Å². The highest BCUT2D eigenvalue weighted by atomic mass is 16.6. The minimum atomic E-state index is -0.372. The van der Waals surface area contributed by atoms with E-state index in [-0.39, 0.29) is 10.6 Å². The molecule has 27 heavy (non-hydrogen) atoms. The van der Waals surface area contributed by atoms with Crippen molar-refractivity contribution in [1.29, 1.82) is 0 Å². The molecule has 0 radical (unpaired) electrons. The van der Waals surface area contributed by atoms with Gasteiger partial charge in [-0.1, -0.05) is 6.07 Å². The number of nitro groups is 1. The second-order valence-corrected chi connectivity index (χ2v) is 6.95. The van der Waals surface area contributed by atoms with Crippen LogP contribution in [0.25, 0.3) is 16.9 Å². The molecular formula is C20H23N5O2. The molecule has 2 aromatic heterocycles. The monoisotopic (exact) mass is 365 g/mol. The zero-order valence-corrected chi connectivity index (χ0v) is 15.4. The Morgan fingerprint density at radius 3 is 2.74 bits per heavy atom. The molecule has 1 aliphatic heterocycles. The second kappa shape index (κ2) is 7.46. The number of rotatable bonds is 4. The van der Waals surface area contributed by atoms with Crippen LogP contribution in [0.15, 0.2) is 42.5 Å². The lowest BCUT2D eigenvalue weighted by molar-refractivity contribution is -0.384. The van der Waals surface area contributed by atoms with Crippen molar-refractivity contribution < 1.29 is 4.92 Å². The van der Waals surface area contributed by atoms with Crippen molar-refractivity contribution >= 4 is 11.3 Å². The van der Waals surface area contributed by atoms with Crippen molar-refractivity contribution in [1.82, 2.24) is 19.6 Å². The molecule has 0 unspecified atom stereocenters. The Morgan fingerprint density at radius 1 is 1.15 bits per heavy atom. The van der Waals surface area contributed by atoms with Crippen molar-refractivity contribution in [2.45, 2.75) is 19.9 Å². The number of aromatic nitrogens is 2. The van der Waals surface area contributed by atoms with E-state index in [0.717, 1.165) is 67.4 Å². The van der Waals surface area contributed by atoms with E-state index in [1.165, 1.54) is 0 Å². The fourth-order valence-electron chi connectivity index (χ4n) is 3.72. The summed E-state index contributed by atoms with van der Waals surface area (Å²) >= 11 is 0. The van der Waals surface area contributed by atoms with E-state index in [1.807, 2.05) is 12.1 Å². The van der Waals surface area contributed by atoms with Crippen molar-refractivity contribution in [2.24, 2.45) is 0 Å². The van der Waals surface area contributed by atoms with E-state index < -0.39 is 0 Å². The Hall–Kier alpha value is -2.77. The zero-order chi connectivity index (χ0) is 18.8. The summed E-state index contributed by atoms with van der Waals surface area (Å²) in [5, 5.41) is 14.4. The second-order valence-electron chi connectivity index (χ2n) is 6.95. The molecule has 0 atom stereocenters. The van der Waals surface area contributed by atoms with Gasteiger partial charge in [0.25, 0.3) is 5.69 Å². The molecule has 1 aliphatic rings. The standard InChI is InChI=1S/C20H23N5O2/c1-15-4-2-5-19-22-20(16-6-8-17(9-7-16)25(26)27)18(24(15)19)14-23-12-3-10-21-11-13-23/h2,4-9,21H,3,10-14H2,1H3. The van der Waals surface area contributed by atoms with Crippen LogP contribution in [0.4, 0.5) is 5.69 Å². The third kappa shape index (κ3) is 3.56. The van der Waals surface area contributed by atoms with Gasteiger partial charge in [-0.05, 0) is 50.7 Å². The molecular weight excluding hydrogens is 342 g/mol. The van der Waals surface area contributed by atoms with Crippen molar-refractivity contribution in [2.75, 3.05) is 26.2 Å². The molecule has 0 aliphatic carbocycles. The average Bonchev–Trinajstić information content (AvgIpc) is 2.84. The van der Waals surface area contributed by atoms with Crippen LogP contribution in [0.3, 0.4) is 0 Å². The summed E-state index contributed by atoms with van der Waals surface area (Å²) in [6, 6.07) is 12.8. The molecule has 7 nitrogen and oxygen atoms in total. The molecule has 0 saturated carbocycles. The molecule has 0 amide bonds. The Morgan fingerprint density at radius 2 is 1.96 bits per heavy atom. The third-order valence-electron chi connectivity index (χ3n) is 5.09. The highest BCUT2D eigenvalue weighted by molar-refractivity contribution is 5.68. The number of nitro benzene ring substituents is 1. The number of pyridine rings is 1. The molecule has 4 rings (SSSR count). The number of imidazole rings is 1. The molecule has 3 aromatic rings. The minimum absolute atomic E-state index is 0.0961. The number of hydrogen-bond acceptors (Lipinski definition) is 5. The summed E-state index contributed by atoms with van der Waals surface area (Å²) in [7, 11) is 0. The number of fused-ring (bicyclic) bond motifs is 1. The van der Waals surface area contributed by atoms with Gasteiger partial charge in [0.05, 0.1) is 16.3 Å². The molecule has 1 saturated heterocycles. The summed E-state index contributed by atoms with van der Waals surface area (Å²) in [6.07, 6.45) is 1.13. The summed E-state index contributed by atoms with van der Waals surface area (Å²) < 4.78 is 2.20. The first-order valence-corrected chi connectivity index (χ1v) is 9.28. The SMILES string of the molecule is Cc1cccc2nc(-c3ccc([N+](=O)[O-])cc3)c(CN3CCCNCC3)n12. The molecule has 140 valence electrons. The smallest absolute Gasteiger partial charge is 0.269 e. The van der Waals surface area contributed by atoms with Crippen LogP contribution in [0.2, 0.25) is 0 Å². The quantitative estimate of drug-likeness (QED) is 0.568. The molecule has 0 spiro atoms. The topological polar surface area (TPSA) is 75.7 Å². The number of benzene rings is 1. The fourth-order valence-corrected chi connectivity index (χ4v) is 3.72. The predicted octanol–water partition coefficient (Wildman–Crippen LogP) is 3.01. The zero-order valence-electron chi connectivity index (χ0n) is 15.4. The van der Waals surface area contributed by atoms with Crippen LogP contribution >= 0.6 is 0 Å². The highest BCUT2D eigenvalue weighted by Gasteiger charge is 2.19. The Kier molecular flexibility index (Phi) is 4.87. The molecule has 1 fully saturated rings. The first-order chi connectivity index (χ1) is 13.1. The van der Waals surface area contributed by atoms with Gasteiger partial charge in [-0.25, -0.2) is 4.98 Å². The maximum absolute atomic E-state index is 11.0. The molecule has 0 bridgehead atoms. The predicted molar refractivity (Wildman–Crippen MR) is 105 cm³/mol. The Bertz CT molecular complexity index is 956. The van der Waals surface area contributed by atoms with Crippen molar-refractivity contribution in [3.8, 4) is 11.3 Å². The van der Waals surface area contributed by atoms with Crippen LogP contribution < -0.4 is 5.32 Å². The summed E-state index contributed by atoms with van der Waals surface area (Å²) in [4.78, 5) is 17.9. The van der Waals surface area contributed by atoms with E-state index >= 15 is 0 Å². The number of hydrogen-bond donors (Lipinski definition) is 1. The van der Waals surface area contributed by atoms with Crippen LogP contribution in [-0.2, 0) is 6.54 Å². The first-order valence-electron chi connectivity index (χ1n) is 9.28. The lowest BCUT2D eigenvalue weighted by Crippen LogP contribution is -2.28. The lowest BCUT2D eigenvalue weighted by atomic mass is 10.1. The van der Waals surface area contributed by atoms with Gasteiger partial charge in [0.15, 0.2) is 0 Å². The molecule has 3 heterocycles. The van der Waals surface area contributed by atoms with Crippen molar-refractivity contribution in [3.63, 3.8) is 0 Å². The summed E-state index contributed by atoms with van der Waals surface area (Å²) in [5.74, 6) is 0. The van der Waals surface area contributed by atoms with E-state index in [4.69, 9.17) is 4.98 Å². The summed E-state index contributed by atoms with van der Waals surface area (Å²) in [5.41, 5.74) is 5.09. The van der Waals surface area contributed by atoms with Gasteiger partial charge in [0.1, 0.15) is 5.65 Å². The number of aryl methyl sites for hydroxylation is 1. The summed E-state index contributed by atoms with van der Waals surface area (Å²) in [6.45, 7) is 6.98. The molecule has 1 N–H and O–H groups in total. The first kappa shape index (κ1) is 17.6. The third-order valence-corrected chi connectivity index (χ3v) is 5.09. The largest absolute Gasteiger partial charge is 0.315 e. The van der Waals surface area contributed by atoms with E-state index in [0.29, 0.717) is 0 Å². The van der Waals surface area contributed by atoms with Gasteiger partial charge in [-0.2, -0.15) is 0 Å². The van der Waals surface area contributed by atoms with Gasteiger partial charge in [0, 0.05) is 43.0 Å². The van der Waals surface area contributed by atoms with E-state index in [1.54, 1.807) is 24.3 Å². The Labute approximate surface area is 157 Å². The van der Waals surface area contributed by atoms with Crippen LogP contribution in [-0.4, -0.2) is 45.4 Å². The van der Waals surface area contributed by atoms with E-state index in [2.05, 4.69) is 27.6 Å². The van der Waals surface area contributed by atoms with Crippen LogP contribution in [0.1, 0.15) is 17.8 Å². The van der Waals surface area contributed by atoms with Crippen LogP contribution in [0, 0.1) is 17.0 Å². The van der Waals surface area contributed by atoms with Gasteiger partial charge >= 0.3 is 0 Å². The molecule has 1 aromatic carbocycles. The van der Waals surface area contributed by atoms with Crippen molar-refractivity contribution in [3.05, 3.63) is 64.0 Å². The lowest BCUT2D eigenvalue weighted by Gasteiger charge is -2.20. The van der Waals surface area contributed by atoms with E-state index in [9.17, 15) is 10.1 Å². The maximum atomic E-state index is 11.0. The average molecular weight is 365 g/mol. The highest BCUT2D eigenvalue weighted by Crippen LogP contribution is 2.28. The normalized spacial score (nSPS) is 15.7. The minimum Gasteiger partial charge on any atom is -0.315 e. The number of nitrogens with one attached hydrogen (secondary N) is 1. The maximum Gasteiger partial charge on any atom is 0.269 e. The van der Waals surface area contributed by atoms with Gasteiger partial charge in [0.2, 0.25) is 0 Å². The fraction of sp³-hybridized carbons (Fsp3) is 0.350. The molecule has 7 heteroatoms. The number of nitrogens with zero attached hydrogens (tertiary/aromatic N) is 4. The number of non-ortho nitro benzene ring substituents is 1. The van der Waals surface area contributed by atoms with Gasteiger partial charge < -0.3 is 5.32 Å². The van der Waals surface area contributed by atoms with Crippen LogP contribution in [0.5, 0.6) is 0 Å². The van der Waals surface area contributed by atoms with Gasteiger partial charge in [-0.15, -0.1) is 0 Å². The Balaban J connectivity index is 1.79.